The third-order valence-electron chi connectivity index (χ3n) is 2.70. The summed E-state index contributed by atoms with van der Waals surface area (Å²) < 4.78 is 12.0. The number of ether oxygens (including phenoxy) is 2. The van der Waals surface area contributed by atoms with E-state index in [1.54, 1.807) is 7.11 Å². The minimum atomic E-state index is -0.0631. The van der Waals surface area contributed by atoms with E-state index >= 15 is 0 Å². The zero-order valence-corrected chi connectivity index (χ0v) is 11.9. The number of rotatable bonds is 5. The Hall–Kier alpha value is -0.540. The summed E-state index contributed by atoms with van der Waals surface area (Å²) in [6.07, 6.45) is 1.00. The van der Waals surface area contributed by atoms with Gasteiger partial charge in [-0.05, 0) is 53.9 Å². The van der Waals surface area contributed by atoms with E-state index in [0.717, 1.165) is 22.2 Å². The molecule has 0 aliphatic carbocycles. The minimum absolute atomic E-state index is 0.0631. The maximum absolute atomic E-state index is 5.83. The fraction of sp³-hybridized carbons (Fsp3) is 0.538. The third kappa shape index (κ3) is 3.80. The normalized spacial score (nSPS) is 11.6. The van der Waals surface area contributed by atoms with Gasteiger partial charge in [-0.2, -0.15) is 0 Å². The van der Waals surface area contributed by atoms with Crippen molar-refractivity contribution in [1.82, 2.24) is 0 Å². The van der Waals surface area contributed by atoms with Crippen molar-refractivity contribution < 1.29 is 9.47 Å². The van der Waals surface area contributed by atoms with Crippen LogP contribution in [0.5, 0.6) is 5.75 Å². The van der Waals surface area contributed by atoms with Gasteiger partial charge in [-0.1, -0.05) is 13.0 Å². The summed E-state index contributed by atoms with van der Waals surface area (Å²) in [6.45, 7) is 6.96. The Morgan fingerprint density at radius 2 is 2.00 bits per heavy atom. The van der Waals surface area contributed by atoms with Gasteiger partial charge in [0.2, 0.25) is 0 Å². The van der Waals surface area contributed by atoms with Gasteiger partial charge in [0.15, 0.2) is 0 Å². The average Bonchev–Trinajstić information content (AvgIpc) is 2.27. The van der Waals surface area contributed by atoms with Crippen LogP contribution in [0, 0.1) is 0 Å². The maximum Gasteiger partial charge on any atom is 0.133 e. The first kappa shape index (κ1) is 13.5. The first-order valence-corrected chi connectivity index (χ1v) is 6.24. The van der Waals surface area contributed by atoms with Gasteiger partial charge in [0, 0.05) is 0 Å². The van der Waals surface area contributed by atoms with Crippen molar-refractivity contribution >= 4 is 15.9 Å². The van der Waals surface area contributed by atoms with Crippen LogP contribution in [0.25, 0.3) is 0 Å². The van der Waals surface area contributed by atoms with Crippen molar-refractivity contribution in [1.29, 1.82) is 0 Å². The lowest BCUT2D eigenvalue weighted by atomic mass is 10.1. The van der Waals surface area contributed by atoms with Crippen LogP contribution >= 0.6 is 15.9 Å². The Balaban J connectivity index is 2.65. The van der Waals surface area contributed by atoms with Crippen LogP contribution in [0.3, 0.4) is 0 Å². The SMILES string of the molecule is CCC(C)(C)OCc1ccc(OC)c(Br)c1. The summed E-state index contributed by atoms with van der Waals surface area (Å²) in [5.41, 5.74) is 1.08. The van der Waals surface area contributed by atoms with Crippen LogP contribution < -0.4 is 4.74 Å². The Bertz CT molecular complexity index is 348. The highest BCUT2D eigenvalue weighted by molar-refractivity contribution is 9.10. The molecule has 0 bridgehead atoms. The van der Waals surface area contributed by atoms with Gasteiger partial charge in [0.1, 0.15) is 5.75 Å². The van der Waals surface area contributed by atoms with Gasteiger partial charge in [-0.15, -0.1) is 0 Å². The topological polar surface area (TPSA) is 18.5 Å². The minimum Gasteiger partial charge on any atom is -0.496 e. The lowest BCUT2D eigenvalue weighted by molar-refractivity contribution is -0.0316. The molecule has 0 saturated carbocycles. The van der Waals surface area contributed by atoms with Gasteiger partial charge in [-0.25, -0.2) is 0 Å². The fourth-order valence-corrected chi connectivity index (χ4v) is 1.77. The van der Waals surface area contributed by atoms with Crippen LogP contribution in [-0.2, 0) is 11.3 Å². The first-order valence-electron chi connectivity index (χ1n) is 5.45. The predicted molar refractivity (Wildman–Crippen MR) is 69.9 cm³/mol. The molecular weight excluding hydrogens is 268 g/mol. The second-order valence-corrected chi connectivity index (χ2v) is 5.23. The molecule has 16 heavy (non-hydrogen) atoms. The molecule has 1 aromatic rings. The second kappa shape index (κ2) is 5.69. The van der Waals surface area contributed by atoms with Crippen molar-refractivity contribution in [2.75, 3.05) is 7.11 Å². The number of hydrogen-bond donors (Lipinski definition) is 0. The Kier molecular flexibility index (Phi) is 4.81. The largest absolute Gasteiger partial charge is 0.496 e. The van der Waals surface area contributed by atoms with Crippen molar-refractivity contribution in [2.45, 2.75) is 39.4 Å². The van der Waals surface area contributed by atoms with E-state index in [1.807, 2.05) is 18.2 Å². The Morgan fingerprint density at radius 1 is 1.31 bits per heavy atom. The third-order valence-corrected chi connectivity index (χ3v) is 3.32. The predicted octanol–water partition coefficient (Wildman–Crippen LogP) is 4.16. The number of halogens is 1. The number of benzene rings is 1. The van der Waals surface area contributed by atoms with Crippen LogP contribution in [0.4, 0.5) is 0 Å². The molecule has 0 spiro atoms. The van der Waals surface area contributed by atoms with Crippen molar-refractivity contribution in [3.63, 3.8) is 0 Å². The van der Waals surface area contributed by atoms with Crippen LogP contribution in [0.2, 0.25) is 0 Å². The summed E-state index contributed by atoms with van der Waals surface area (Å²) in [5, 5.41) is 0. The zero-order chi connectivity index (χ0) is 12.2. The molecule has 0 aliphatic heterocycles. The summed E-state index contributed by atoms with van der Waals surface area (Å²) >= 11 is 3.46. The molecule has 2 nitrogen and oxygen atoms in total. The molecule has 1 rings (SSSR count). The molecule has 0 unspecified atom stereocenters. The van der Waals surface area contributed by atoms with Gasteiger partial charge in [0.05, 0.1) is 23.8 Å². The molecule has 0 aromatic heterocycles. The van der Waals surface area contributed by atoms with E-state index in [9.17, 15) is 0 Å². The number of methoxy groups -OCH3 is 1. The highest BCUT2D eigenvalue weighted by atomic mass is 79.9. The molecule has 0 amide bonds. The van der Waals surface area contributed by atoms with Crippen molar-refractivity contribution in [3.8, 4) is 5.75 Å². The van der Waals surface area contributed by atoms with Gasteiger partial charge in [-0.3, -0.25) is 0 Å². The van der Waals surface area contributed by atoms with Crippen molar-refractivity contribution in [2.24, 2.45) is 0 Å². The quantitative estimate of drug-likeness (QED) is 0.809. The lowest BCUT2D eigenvalue weighted by Crippen LogP contribution is -2.22. The highest BCUT2D eigenvalue weighted by Crippen LogP contribution is 2.26. The van der Waals surface area contributed by atoms with E-state index < -0.39 is 0 Å². The second-order valence-electron chi connectivity index (χ2n) is 4.37. The highest BCUT2D eigenvalue weighted by Gasteiger charge is 2.15. The molecular formula is C13H19BrO2. The van der Waals surface area contributed by atoms with E-state index in [2.05, 4.69) is 36.7 Å². The molecule has 0 aliphatic rings. The zero-order valence-electron chi connectivity index (χ0n) is 10.3. The standard InChI is InChI=1S/C13H19BrO2/c1-5-13(2,3)16-9-10-6-7-12(15-4)11(14)8-10/h6-8H,5,9H2,1-4H3. The van der Waals surface area contributed by atoms with E-state index in [1.165, 1.54) is 0 Å². The smallest absolute Gasteiger partial charge is 0.133 e. The summed E-state index contributed by atoms with van der Waals surface area (Å²) in [4.78, 5) is 0. The van der Waals surface area contributed by atoms with E-state index in [0.29, 0.717) is 6.61 Å². The molecule has 0 atom stereocenters. The van der Waals surface area contributed by atoms with Crippen molar-refractivity contribution in [3.05, 3.63) is 28.2 Å². The molecule has 0 fully saturated rings. The van der Waals surface area contributed by atoms with Gasteiger partial charge in [0.25, 0.3) is 0 Å². The van der Waals surface area contributed by atoms with Crippen LogP contribution in [-0.4, -0.2) is 12.7 Å². The summed E-state index contributed by atoms with van der Waals surface area (Å²) in [6, 6.07) is 6.00. The average molecular weight is 287 g/mol. The molecule has 0 heterocycles. The summed E-state index contributed by atoms with van der Waals surface area (Å²) in [5.74, 6) is 0.846. The number of hydrogen-bond acceptors (Lipinski definition) is 2. The van der Waals surface area contributed by atoms with Crippen LogP contribution in [0.1, 0.15) is 32.8 Å². The molecule has 3 heteroatoms. The molecule has 0 radical (unpaired) electrons. The maximum atomic E-state index is 5.83. The van der Waals surface area contributed by atoms with Gasteiger partial charge < -0.3 is 9.47 Å². The Morgan fingerprint density at radius 3 is 2.50 bits per heavy atom. The monoisotopic (exact) mass is 286 g/mol. The fourth-order valence-electron chi connectivity index (χ4n) is 1.18. The molecule has 0 N–H and O–H groups in total. The molecule has 0 saturated heterocycles. The van der Waals surface area contributed by atoms with E-state index in [4.69, 9.17) is 9.47 Å². The van der Waals surface area contributed by atoms with Crippen LogP contribution in [0.15, 0.2) is 22.7 Å². The Labute approximate surface area is 106 Å². The molecule has 90 valence electrons. The first-order chi connectivity index (χ1) is 7.48. The van der Waals surface area contributed by atoms with Gasteiger partial charge >= 0.3 is 0 Å². The van der Waals surface area contributed by atoms with E-state index in [-0.39, 0.29) is 5.60 Å². The lowest BCUT2D eigenvalue weighted by Gasteiger charge is -2.23. The summed E-state index contributed by atoms with van der Waals surface area (Å²) in [7, 11) is 1.66. The molecule has 1 aromatic carbocycles.